The fourth-order valence-corrected chi connectivity index (χ4v) is 0.605. The summed E-state index contributed by atoms with van der Waals surface area (Å²) in [5.41, 5.74) is 0.529. The van der Waals surface area contributed by atoms with Crippen LogP contribution >= 0.6 is 0 Å². The third-order valence-corrected chi connectivity index (χ3v) is 1.33. The molecule has 0 spiro atoms. The summed E-state index contributed by atoms with van der Waals surface area (Å²) in [5, 5.41) is 0. The van der Waals surface area contributed by atoms with E-state index in [-0.39, 0.29) is 12.1 Å². The van der Waals surface area contributed by atoms with Gasteiger partial charge < -0.3 is 15.8 Å². The molecule has 0 aliphatic heterocycles. The number of rotatable bonds is 4. The fourth-order valence-electron chi connectivity index (χ4n) is 0.605. The zero-order valence-corrected chi connectivity index (χ0v) is 8.09. The lowest BCUT2D eigenvalue weighted by Crippen LogP contribution is -2.16. The van der Waals surface area contributed by atoms with Crippen LogP contribution in [-0.4, -0.2) is 38.6 Å². The molecule has 0 atom stereocenters. The number of hydrogen-bond acceptors (Lipinski definition) is 4. The molecule has 0 aromatic rings. The summed E-state index contributed by atoms with van der Waals surface area (Å²) in [4.78, 5) is 12.8. The molecule has 72 valence electrons. The Morgan fingerprint density at radius 3 is 2.33 bits per heavy atom. The molecule has 0 saturated heterocycles. The Bertz CT molecular complexity index is 155. The first-order valence-corrected chi connectivity index (χ1v) is 3.48. The molecule has 0 aliphatic rings. The monoisotopic (exact) mass is 174 g/mol. The van der Waals surface area contributed by atoms with Gasteiger partial charge in [0.15, 0.2) is 0 Å². The normalized spacial score (nSPS) is 9.00. The van der Waals surface area contributed by atoms with E-state index in [0.29, 0.717) is 12.0 Å². The predicted octanol–water partition coefficient (Wildman–Crippen LogP) is 0.829. The lowest BCUT2D eigenvalue weighted by Gasteiger charge is -2.09. The molecule has 4 nitrogen and oxygen atoms in total. The van der Waals surface area contributed by atoms with Gasteiger partial charge in [-0.2, -0.15) is 0 Å². The zero-order chi connectivity index (χ0) is 8.85. The molecule has 0 bridgehead atoms. The van der Waals surface area contributed by atoms with E-state index < -0.39 is 0 Å². The molecule has 3 N–H and O–H groups in total. The van der Waals surface area contributed by atoms with E-state index >= 15 is 0 Å². The van der Waals surface area contributed by atoms with E-state index in [1.807, 2.05) is 19.0 Å². The van der Waals surface area contributed by atoms with Gasteiger partial charge in [-0.15, -0.1) is 0 Å². The van der Waals surface area contributed by atoms with Gasteiger partial charge in [0.05, 0.1) is 7.11 Å². The largest absolute Gasteiger partial charge is 0.466 e. The molecule has 0 rings (SSSR count). The molecule has 12 heavy (non-hydrogen) atoms. The van der Waals surface area contributed by atoms with Gasteiger partial charge in [-0.1, -0.05) is 6.58 Å². The van der Waals surface area contributed by atoms with Crippen LogP contribution in [0.25, 0.3) is 0 Å². The SMILES string of the molecule is C=C(CCN(C)C)C(=O)OC.N. The third-order valence-electron chi connectivity index (χ3n) is 1.33. The van der Waals surface area contributed by atoms with Crippen molar-refractivity contribution < 1.29 is 9.53 Å². The quantitative estimate of drug-likeness (QED) is 0.506. The van der Waals surface area contributed by atoms with Crippen molar-refractivity contribution in [3.8, 4) is 0 Å². The Hall–Kier alpha value is -0.870. The molecule has 4 heteroatoms. The van der Waals surface area contributed by atoms with Crippen molar-refractivity contribution in [2.75, 3.05) is 27.7 Å². The van der Waals surface area contributed by atoms with Crippen LogP contribution in [0.2, 0.25) is 0 Å². The first-order valence-electron chi connectivity index (χ1n) is 3.48. The van der Waals surface area contributed by atoms with E-state index in [1.165, 1.54) is 7.11 Å². The van der Waals surface area contributed by atoms with Crippen LogP contribution in [0.1, 0.15) is 6.42 Å². The topological polar surface area (TPSA) is 64.5 Å². The maximum atomic E-state index is 10.8. The average molecular weight is 174 g/mol. The van der Waals surface area contributed by atoms with E-state index in [2.05, 4.69) is 11.3 Å². The number of hydrogen-bond donors (Lipinski definition) is 1. The van der Waals surface area contributed by atoms with Crippen LogP contribution in [0, 0.1) is 0 Å². The van der Waals surface area contributed by atoms with Crippen LogP contribution in [0.3, 0.4) is 0 Å². The van der Waals surface area contributed by atoms with Crippen molar-refractivity contribution in [2.45, 2.75) is 6.42 Å². The Morgan fingerprint density at radius 1 is 1.50 bits per heavy atom. The van der Waals surface area contributed by atoms with Gasteiger partial charge in [-0.05, 0) is 20.5 Å². The van der Waals surface area contributed by atoms with Gasteiger partial charge in [0.2, 0.25) is 0 Å². The Labute approximate surface area is 73.8 Å². The van der Waals surface area contributed by atoms with E-state index in [0.717, 1.165) is 6.54 Å². The average Bonchev–Trinajstić information content (AvgIpc) is 1.98. The lowest BCUT2D eigenvalue weighted by molar-refractivity contribution is -0.136. The number of carbonyl (C=O) groups excluding carboxylic acids is 1. The lowest BCUT2D eigenvalue weighted by atomic mass is 10.2. The molecule has 0 amide bonds. The van der Waals surface area contributed by atoms with Crippen LogP contribution in [0.5, 0.6) is 0 Å². The Kier molecular flexibility index (Phi) is 7.78. The van der Waals surface area contributed by atoms with Crippen molar-refractivity contribution in [2.24, 2.45) is 0 Å². The van der Waals surface area contributed by atoms with Gasteiger partial charge in [-0.3, -0.25) is 0 Å². The van der Waals surface area contributed by atoms with Gasteiger partial charge in [-0.25, -0.2) is 4.79 Å². The smallest absolute Gasteiger partial charge is 0.333 e. The minimum Gasteiger partial charge on any atom is -0.466 e. The molecule has 0 heterocycles. The van der Waals surface area contributed by atoms with Gasteiger partial charge in [0.25, 0.3) is 0 Å². The minimum absolute atomic E-state index is 0. The second-order valence-corrected chi connectivity index (χ2v) is 2.65. The van der Waals surface area contributed by atoms with Gasteiger partial charge in [0.1, 0.15) is 0 Å². The maximum absolute atomic E-state index is 10.8. The number of esters is 1. The van der Waals surface area contributed by atoms with Crippen molar-refractivity contribution in [1.29, 1.82) is 0 Å². The van der Waals surface area contributed by atoms with Crippen molar-refractivity contribution in [3.05, 3.63) is 12.2 Å². The highest BCUT2D eigenvalue weighted by atomic mass is 16.5. The molecule has 0 fully saturated rings. The van der Waals surface area contributed by atoms with Crippen molar-refractivity contribution in [1.82, 2.24) is 11.1 Å². The van der Waals surface area contributed by atoms with Crippen LogP contribution in [0.4, 0.5) is 0 Å². The van der Waals surface area contributed by atoms with Gasteiger partial charge >= 0.3 is 5.97 Å². The summed E-state index contributed by atoms with van der Waals surface area (Å²) in [7, 11) is 5.26. The van der Waals surface area contributed by atoms with Crippen molar-refractivity contribution >= 4 is 5.97 Å². The van der Waals surface area contributed by atoms with Gasteiger partial charge in [0, 0.05) is 12.1 Å². The van der Waals surface area contributed by atoms with Crippen molar-refractivity contribution in [3.63, 3.8) is 0 Å². The maximum Gasteiger partial charge on any atom is 0.333 e. The highest BCUT2D eigenvalue weighted by Crippen LogP contribution is 2.00. The summed E-state index contributed by atoms with van der Waals surface area (Å²) >= 11 is 0. The van der Waals surface area contributed by atoms with Crippen LogP contribution in [-0.2, 0) is 9.53 Å². The summed E-state index contributed by atoms with van der Waals surface area (Å²) in [6.45, 7) is 4.42. The molecule has 0 aromatic carbocycles. The Balaban J connectivity index is 0. The molecule has 0 radical (unpaired) electrons. The summed E-state index contributed by atoms with van der Waals surface area (Å²) in [6.07, 6.45) is 0.666. The molecular formula is C8H18N2O2. The van der Waals surface area contributed by atoms with Crippen LogP contribution in [0.15, 0.2) is 12.2 Å². The highest BCUT2D eigenvalue weighted by molar-refractivity contribution is 5.87. The molecule has 0 unspecified atom stereocenters. The minimum atomic E-state index is -0.313. The molecule has 0 saturated carbocycles. The second-order valence-electron chi connectivity index (χ2n) is 2.65. The fraction of sp³-hybridized carbons (Fsp3) is 0.625. The van der Waals surface area contributed by atoms with Crippen LogP contribution < -0.4 is 6.15 Å². The molecule has 0 aromatic heterocycles. The zero-order valence-electron chi connectivity index (χ0n) is 8.09. The number of methoxy groups -OCH3 is 1. The standard InChI is InChI=1S/C8H15NO2.H3N/c1-7(8(10)11-4)5-6-9(2)3;/h1,5-6H2,2-4H3;1H3. The highest BCUT2D eigenvalue weighted by Gasteiger charge is 2.05. The van der Waals surface area contributed by atoms with E-state index in [1.54, 1.807) is 0 Å². The summed E-state index contributed by atoms with van der Waals surface area (Å²) in [6, 6.07) is 0. The van der Waals surface area contributed by atoms with E-state index in [9.17, 15) is 4.79 Å². The summed E-state index contributed by atoms with van der Waals surface area (Å²) < 4.78 is 4.49. The third kappa shape index (κ3) is 5.88. The molecule has 0 aliphatic carbocycles. The number of nitrogens with zero attached hydrogens (tertiary/aromatic N) is 1. The summed E-state index contributed by atoms with van der Waals surface area (Å²) in [5.74, 6) is -0.313. The number of ether oxygens (including phenoxy) is 1. The second kappa shape index (κ2) is 6.82. The molecular weight excluding hydrogens is 156 g/mol. The number of carbonyl (C=O) groups is 1. The van der Waals surface area contributed by atoms with E-state index in [4.69, 9.17) is 0 Å². The first kappa shape index (κ1) is 13.7. The predicted molar refractivity (Wildman–Crippen MR) is 49.3 cm³/mol. The first-order chi connectivity index (χ1) is 5.07. The Morgan fingerprint density at radius 2 is 2.00 bits per heavy atom.